The molecule has 0 saturated heterocycles. The molecule has 0 bridgehead atoms. The third kappa shape index (κ3) is 3.65. The maximum Gasteiger partial charge on any atom is 0.231 e. The average Bonchev–Trinajstić information content (AvgIpc) is 3.39. The van der Waals surface area contributed by atoms with Gasteiger partial charge < -0.3 is 15.0 Å². The molecule has 3 aromatic heterocycles. The molecule has 0 fully saturated rings. The van der Waals surface area contributed by atoms with Crippen LogP contribution in [0.25, 0.3) is 21.6 Å². The Morgan fingerprint density at radius 2 is 1.90 bits per heavy atom. The molecule has 0 aliphatic carbocycles. The lowest BCUT2D eigenvalue weighted by molar-refractivity contribution is 0.468. The number of aromatic amines is 1. The van der Waals surface area contributed by atoms with E-state index in [-0.39, 0.29) is 0 Å². The van der Waals surface area contributed by atoms with Crippen LogP contribution >= 0.6 is 11.3 Å². The van der Waals surface area contributed by atoms with Crippen molar-refractivity contribution in [2.24, 2.45) is 0 Å². The Morgan fingerprint density at radius 3 is 2.76 bits per heavy atom. The van der Waals surface area contributed by atoms with E-state index in [2.05, 4.69) is 49.5 Å². The number of H-pyrrole nitrogens is 1. The minimum absolute atomic E-state index is 0.518. The quantitative estimate of drug-likeness (QED) is 0.415. The van der Waals surface area contributed by atoms with E-state index in [9.17, 15) is 0 Å². The van der Waals surface area contributed by atoms with Crippen LogP contribution in [0.4, 0.5) is 10.8 Å². The van der Waals surface area contributed by atoms with Gasteiger partial charge in [-0.05, 0) is 55.0 Å². The first-order valence-corrected chi connectivity index (χ1v) is 9.80. The Hall–Kier alpha value is -3.78. The minimum atomic E-state index is 0.518. The number of anilines is 2. The molecule has 5 aromatic rings. The van der Waals surface area contributed by atoms with Crippen LogP contribution in [0.1, 0.15) is 5.56 Å². The Kier molecular flexibility index (Phi) is 4.38. The summed E-state index contributed by atoms with van der Waals surface area (Å²) in [5.41, 5.74) is 3.91. The zero-order chi connectivity index (χ0) is 19.6. The van der Waals surface area contributed by atoms with E-state index in [1.54, 1.807) is 0 Å². The molecule has 2 aromatic carbocycles. The smallest absolute Gasteiger partial charge is 0.231 e. The summed E-state index contributed by atoms with van der Waals surface area (Å²) in [7, 11) is 0. The number of nitrogens with zero attached hydrogens (tertiary/aromatic N) is 4. The highest BCUT2D eigenvalue weighted by atomic mass is 32.1. The van der Waals surface area contributed by atoms with Crippen molar-refractivity contribution in [3.63, 3.8) is 0 Å². The number of fused-ring (bicyclic) bond motifs is 1. The van der Waals surface area contributed by atoms with Crippen molar-refractivity contribution in [1.29, 1.82) is 0 Å². The molecule has 3 heterocycles. The number of nitrogens with one attached hydrogen (secondary N) is 2. The number of ether oxygens (including phenoxy) is 1. The predicted octanol–water partition coefficient (Wildman–Crippen LogP) is 5.32. The summed E-state index contributed by atoms with van der Waals surface area (Å²) in [6.07, 6.45) is 3.29. The lowest BCUT2D eigenvalue weighted by atomic mass is 10.2. The van der Waals surface area contributed by atoms with Gasteiger partial charge in [0, 0.05) is 17.4 Å². The van der Waals surface area contributed by atoms with Gasteiger partial charge in [0.15, 0.2) is 0 Å². The molecule has 0 aliphatic rings. The average molecular weight is 400 g/mol. The van der Waals surface area contributed by atoms with Crippen LogP contribution in [-0.2, 0) is 0 Å². The highest BCUT2D eigenvalue weighted by molar-refractivity contribution is 7.18. The molecule has 0 aliphatic heterocycles. The number of hydrogen-bond acceptors (Lipinski definition) is 7. The van der Waals surface area contributed by atoms with Crippen LogP contribution in [0.2, 0.25) is 0 Å². The van der Waals surface area contributed by atoms with Gasteiger partial charge in [0.05, 0.1) is 5.39 Å². The van der Waals surface area contributed by atoms with Gasteiger partial charge in [0.25, 0.3) is 0 Å². The molecule has 0 unspecified atom stereocenters. The van der Waals surface area contributed by atoms with Gasteiger partial charge in [0.1, 0.15) is 22.7 Å². The summed E-state index contributed by atoms with van der Waals surface area (Å²) in [6.45, 7) is 2.06. The molecule has 29 heavy (non-hydrogen) atoms. The Morgan fingerprint density at radius 1 is 1.00 bits per heavy atom. The van der Waals surface area contributed by atoms with E-state index in [0.29, 0.717) is 11.6 Å². The largest absolute Gasteiger partial charge is 0.438 e. The second kappa shape index (κ2) is 7.33. The molecule has 8 heteroatoms. The SMILES string of the molecule is Cc1cccc(Nc2nnc(-c3ccc(Oc4ncnc5[nH]ccc45)cc3)s2)c1. The van der Waals surface area contributed by atoms with Gasteiger partial charge in [-0.2, -0.15) is 0 Å². The van der Waals surface area contributed by atoms with Gasteiger partial charge in [-0.3, -0.25) is 0 Å². The third-order valence-corrected chi connectivity index (χ3v) is 5.22. The maximum atomic E-state index is 5.92. The van der Waals surface area contributed by atoms with E-state index in [4.69, 9.17) is 4.74 Å². The van der Waals surface area contributed by atoms with Gasteiger partial charge >= 0.3 is 0 Å². The molecule has 7 nitrogen and oxygen atoms in total. The fourth-order valence-electron chi connectivity index (χ4n) is 2.94. The molecule has 5 rings (SSSR count). The molecule has 0 atom stereocenters. The fraction of sp³-hybridized carbons (Fsp3) is 0.0476. The summed E-state index contributed by atoms with van der Waals surface area (Å²) in [6, 6.07) is 17.7. The Bertz CT molecular complexity index is 1280. The number of benzene rings is 2. The van der Waals surface area contributed by atoms with Gasteiger partial charge in [0.2, 0.25) is 11.0 Å². The Balaban J connectivity index is 1.33. The van der Waals surface area contributed by atoms with Gasteiger partial charge in [-0.1, -0.05) is 23.5 Å². The van der Waals surface area contributed by atoms with E-state index >= 15 is 0 Å². The second-order valence-corrected chi connectivity index (χ2v) is 7.43. The van der Waals surface area contributed by atoms with E-state index in [1.165, 1.54) is 23.2 Å². The van der Waals surface area contributed by atoms with E-state index in [1.807, 2.05) is 48.7 Å². The van der Waals surface area contributed by atoms with Crippen molar-refractivity contribution in [2.45, 2.75) is 6.92 Å². The normalized spacial score (nSPS) is 10.9. The fourth-order valence-corrected chi connectivity index (χ4v) is 3.71. The summed E-state index contributed by atoms with van der Waals surface area (Å²) in [5.74, 6) is 1.21. The van der Waals surface area contributed by atoms with Crippen molar-refractivity contribution in [3.8, 4) is 22.2 Å². The molecular formula is C21H16N6OS. The first kappa shape index (κ1) is 17.3. The topological polar surface area (TPSA) is 88.6 Å². The first-order chi connectivity index (χ1) is 14.2. The molecule has 0 radical (unpaired) electrons. The molecular weight excluding hydrogens is 384 g/mol. The summed E-state index contributed by atoms with van der Waals surface area (Å²) >= 11 is 1.50. The van der Waals surface area contributed by atoms with Crippen molar-refractivity contribution < 1.29 is 4.74 Å². The summed E-state index contributed by atoms with van der Waals surface area (Å²) in [4.78, 5) is 11.4. The van der Waals surface area contributed by atoms with Crippen molar-refractivity contribution in [2.75, 3.05) is 5.32 Å². The summed E-state index contributed by atoms with van der Waals surface area (Å²) < 4.78 is 5.92. The maximum absolute atomic E-state index is 5.92. The van der Waals surface area contributed by atoms with Gasteiger partial charge in [-0.25, -0.2) is 9.97 Å². The van der Waals surface area contributed by atoms with E-state index in [0.717, 1.165) is 32.4 Å². The monoisotopic (exact) mass is 400 g/mol. The van der Waals surface area contributed by atoms with Crippen molar-refractivity contribution in [1.82, 2.24) is 25.1 Å². The first-order valence-electron chi connectivity index (χ1n) is 8.98. The van der Waals surface area contributed by atoms with Crippen LogP contribution < -0.4 is 10.1 Å². The highest BCUT2D eigenvalue weighted by Gasteiger charge is 2.10. The minimum Gasteiger partial charge on any atom is -0.438 e. The van der Waals surface area contributed by atoms with Crippen molar-refractivity contribution >= 4 is 33.2 Å². The number of aryl methyl sites for hydroxylation is 1. The molecule has 2 N–H and O–H groups in total. The lowest BCUT2D eigenvalue weighted by Gasteiger charge is -2.05. The molecule has 142 valence electrons. The lowest BCUT2D eigenvalue weighted by Crippen LogP contribution is -1.90. The molecule has 0 spiro atoms. The number of hydrogen-bond donors (Lipinski definition) is 2. The van der Waals surface area contributed by atoms with Crippen LogP contribution in [0.15, 0.2) is 67.1 Å². The number of aromatic nitrogens is 5. The predicted molar refractivity (Wildman–Crippen MR) is 114 cm³/mol. The zero-order valence-electron chi connectivity index (χ0n) is 15.5. The van der Waals surface area contributed by atoms with Crippen LogP contribution in [0.5, 0.6) is 11.6 Å². The van der Waals surface area contributed by atoms with Crippen LogP contribution in [-0.4, -0.2) is 25.1 Å². The van der Waals surface area contributed by atoms with E-state index < -0.39 is 0 Å². The summed E-state index contributed by atoms with van der Waals surface area (Å²) in [5, 5.41) is 14.3. The number of rotatable bonds is 5. The van der Waals surface area contributed by atoms with Gasteiger partial charge in [-0.15, -0.1) is 10.2 Å². The van der Waals surface area contributed by atoms with Crippen molar-refractivity contribution in [3.05, 3.63) is 72.7 Å². The van der Waals surface area contributed by atoms with Crippen LogP contribution in [0.3, 0.4) is 0 Å². The third-order valence-electron chi connectivity index (χ3n) is 4.33. The highest BCUT2D eigenvalue weighted by Crippen LogP contribution is 2.31. The van der Waals surface area contributed by atoms with Crippen LogP contribution in [0, 0.1) is 6.92 Å². The molecule has 0 saturated carbocycles. The zero-order valence-corrected chi connectivity index (χ0v) is 16.3. The second-order valence-electron chi connectivity index (χ2n) is 6.45. The molecule has 0 amide bonds. The Labute approximate surface area is 170 Å². The standard InChI is InChI=1S/C21H16N6OS/c1-13-3-2-4-15(11-13)25-21-27-26-20(29-21)14-5-7-16(8-6-14)28-19-17-9-10-22-18(17)23-12-24-19/h2-12H,1H3,(H,25,27)(H,22,23,24).